The highest BCUT2D eigenvalue weighted by molar-refractivity contribution is 6.09. The minimum Gasteiger partial charge on any atom is -0.494 e. The Morgan fingerprint density at radius 1 is 0.865 bits per heavy atom. The summed E-state index contributed by atoms with van der Waals surface area (Å²) in [5.74, 6) is 1.34. The average Bonchev–Trinajstić information content (AvgIpc) is 2.92. The van der Waals surface area contributed by atoms with E-state index in [-0.39, 0.29) is 5.57 Å². The summed E-state index contributed by atoms with van der Waals surface area (Å²) in [5.41, 5.74) is 2.27. The van der Waals surface area contributed by atoms with Gasteiger partial charge in [-0.2, -0.15) is 5.26 Å². The van der Waals surface area contributed by atoms with Crippen LogP contribution in [0.3, 0.4) is 0 Å². The van der Waals surface area contributed by atoms with Gasteiger partial charge in [-0.1, -0.05) is 48.5 Å². The van der Waals surface area contributed by atoms with Gasteiger partial charge in [0.1, 0.15) is 24.0 Å². The van der Waals surface area contributed by atoms with E-state index >= 15 is 0 Å². The standard InChI is InChI=1S/C31H28N2O4/c1-3-35-27-15-13-26(14-16-27)33-31(34)25(20-32)18-22-12-17-29(30(19-22)36-4-2)37-21-24-10-7-9-23-8-5-6-11-28(23)24/h5-19H,3-4,21H2,1-2H3,(H,33,34)/b25-18-. The molecule has 0 bridgehead atoms. The van der Waals surface area contributed by atoms with Crippen LogP contribution in [0.25, 0.3) is 16.8 Å². The first kappa shape index (κ1) is 25.3. The van der Waals surface area contributed by atoms with Gasteiger partial charge < -0.3 is 19.5 Å². The van der Waals surface area contributed by atoms with E-state index in [0.29, 0.717) is 48.3 Å². The van der Waals surface area contributed by atoms with Crippen molar-refractivity contribution >= 4 is 28.4 Å². The lowest BCUT2D eigenvalue weighted by Crippen LogP contribution is -2.13. The topological polar surface area (TPSA) is 80.6 Å². The minimum absolute atomic E-state index is 0.0271. The molecular formula is C31H28N2O4. The largest absolute Gasteiger partial charge is 0.494 e. The lowest BCUT2D eigenvalue weighted by Gasteiger charge is -2.14. The van der Waals surface area contributed by atoms with Gasteiger partial charge >= 0.3 is 0 Å². The summed E-state index contributed by atoms with van der Waals surface area (Å²) >= 11 is 0. The molecule has 0 heterocycles. The quantitative estimate of drug-likeness (QED) is 0.195. The van der Waals surface area contributed by atoms with Crippen LogP contribution in [0.1, 0.15) is 25.0 Å². The number of benzene rings is 4. The molecule has 0 unspecified atom stereocenters. The van der Waals surface area contributed by atoms with Crippen molar-refractivity contribution in [2.75, 3.05) is 18.5 Å². The number of carbonyl (C=O) groups is 1. The van der Waals surface area contributed by atoms with Crippen LogP contribution in [0.15, 0.2) is 90.5 Å². The highest BCUT2D eigenvalue weighted by atomic mass is 16.5. The molecule has 6 heteroatoms. The molecule has 0 aromatic heterocycles. The number of anilines is 1. The Labute approximate surface area is 216 Å². The molecule has 4 aromatic carbocycles. The number of nitriles is 1. The highest BCUT2D eigenvalue weighted by Gasteiger charge is 2.12. The maximum absolute atomic E-state index is 12.7. The maximum Gasteiger partial charge on any atom is 0.266 e. The molecule has 0 saturated carbocycles. The number of hydrogen-bond donors (Lipinski definition) is 1. The Hall–Kier alpha value is -4.76. The van der Waals surface area contributed by atoms with Crippen molar-refractivity contribution in [1.82, 2.24) is 0 Å². The van der Waals surface area contributed by atoms with E-state index in [1.165, 1.54) is 6.08 Å². The molecule has 4 aromatic rings. The minimum atomic E-state index is -0.499. The van der Waals surface area contributed by atoms with Crippen molar-refractivity contribution in [3.63, 3.8) is 0 Å². The first-order chi connectivity index (χ1) is 18.1. The summed E-state index contributed by atoms with van der Waals surface area (Å²) in [7, 11) is 0. The van der Waals surface area contributed by atoms with Gasteiger partial charge in [-0.05, 0) is 78.2 Å². The summed E-state index contributed by atoms with van der Waals surface area (Å²) in [6.45, 7) is 5.18. The van der Waals surface area contributed by atoms with E-state index in [1.807, 2.05) is 44.2 Å². The maximum atomic E-state index is 12.7. The van der Waals surface area contributed by atoms with Crippen LogP contribution < -0.4 is 19.5 Å². The van der Waals surface area contributed by atoms with Crippen molar-refractivity contribution in [1.29, 1.82) is 5.26 Å². The van der Waals surface area contributed by atoms with Gasteiger partial charge in [0.05, 0.1) is 13.2 Å². The Morgan fingerprint density at radius 2 is 1.62 bits per heavy atom. The summed E-state index contributed by atoms with van der Waals surface area (Å²) in [6.07, 6.45) is 1.53. The molecule has 0 atom stereocenters. The molecule has 1 amide bonds. The lowest BCUT2D eigenvalue weighted by atomic mass is 10.1. The highest BCUT2D eigenvalue weighted by Crippen LogP contribution is 2.31. The van der Waals surface area contributed by atoms with Crippen LogP contribution in [0.4, 0.5) is 5.69 Å². The summed E-state index contributed by atoms with van der Waals surface area (Å²) in [4.78, 5) is 12.7. The van der Waals surface area contributed by atoms with E-state index in [2.05, 4.69) is 23.5 Å². The second-order valence-electron chi connectivity index (χ2n) is 8.15. The molecule has 186 valence electrons. The summed E-state index contributed by atoms with van der Waals surface area (Å²) in [5, 5.41) is 14.7. The third-order valence-corrected chi connectivity index (χ3v) is 5.63. The number of amides is 1. The Balaban J connectivity index is 1.50. The smallest absolute Gasteiger partial charge is 0.266 e. The van der Waals surface area contributed by atoms with Crippen molar-refractivity contribution in [3.05, 3.63) is 102 Å². The molecule has 37 heavy (non-hydrogen) atoms. The van der Waals surface area contributed by atoms with E-state index in [9.17, 15) is 10.1 Å². The number of hydrogen-bond acceptors (Lipinski definition) is 5. The molecule has 0 aliphatic heterocycles. The molecule has 4 rings (SSSR count). The number of nitrogens with one attached hydrogen (secondary N) is 1. The monoisotopic (exact) mass is 492 g/mol. The third kappa shape index (κ3) is 6.47. The normalized spacial score (nSPS) is 11.0. The number of ether oxygens (including phenoxy) is 3. The number of rotatable bonds is 10. The SMILES string of the molecule is CCOc1ccc(NC(=O)/C(C#N)=C\c2ccc(OCc3cccc4ccccc34)c(OCC)c2)cc1. The van der Waals surface area contributed by atoms with Gasteiger partial charge in [0.2, 0.25) is 0 Å². The van der Waals surface area contributed by atoms with Crippen LogP contribution in [-0.2, 0) is 11.4 Å². The number of fused-ring (bicyclic) bond motifs is 1. The van der Waals surface area contributed by atoms with Crippen LogP contribution in [-0.4, -0.2) is 19.1 Å². The zero-order valence-electron chi connectivity index (χ0n) is 20.9. The Kier molecular flexibility index (Phi) is 8.41. The first-order valence-electron chi connectivity index (χ1n) is 12.1. The van der Waals surface area contributed by atoms with E-state index in [0.717, 1.165) is 16.3 Å². The van der Waals surface area contributed by atoms with Crippen LogP contribution >= 0.6 is 0 Å². The first-order valence-corrected chi connectivity index (χ1v) is 12.1. The zero-order valence-corrected chi connectivity index (χ0v) is 20.9. The van der Waals surface area contributed by atoms with Gasteiger partial charge in [0.15, 0.2) is 11.5 Å². The van der Waals surface area contributed by atoms with Crippen molar-refractivity contribution < 1.29 is 19.0 Å². The molecule has 0 spiro atoms. The zero-order chi connectivity index (χ0) is 26.0. The second-order valence-corrected chi connectivity index (χ2v) is 8.15. The lowest BCUT2D eigenvalue weighted by molar-refractivity contribution is -0.112. The van der Waals surface area contributed by atoms with Crippen LogP contribution in [0.2, 0.25) is 0 Å². The average molecular weight is 493 g/mol. The molecule has 6 nitrogen and oxygen atoms in total. The predicted molar refractivity (Wildman–Crippen MR) is 146 cm³/mol. The second kappa shape index (κ2) is 12.3. The molecule has 0 fully saturated rings. The van der Waals surface area contributed by atoms with E-state index in [1.54, 1.807) is 42.5 Å². The van der Waals surface area contributed by atoms with Gasteiger partial charge in [0, 0.05) is 5.69 Å². The molecule has 0 radical (unpaired) electrons. The van der Waals surface area contributed by atoms with Crippen LogP contribution in [0, 0.1) is 11.3 Å². The van der Waals surface area contributed by atoms with Crippen molar-refractivity contribution in [3.8, 4) is 23.3 Å². The third-order valence-electron chi connectivity index (χ3n) is 5.63. The summed E-state index contributed by atoms with van der Waals surface area (Å²) in [6, 6.07) is 28.6. The van der Waals surface area contributed by atoms with Crippen LogP contribution in [0.5, 0.6) is 17.2 Å². The van der Waals surface area contributed by atoms with Gasteiger partial charge in [0.25, 0.3) is 5.91 Å². The fraction of sp³-hybridized carbons (Fsp3) is 0.161. The number of carbonyl (C=O) groups excluding carboxylic acids is 1. The Morgan fingerprint density at radius 3 is 2.38 bits per heavy atom. The summed E-state index contributed by atoms with van der Waals surface area (Å²) < 4.78 is 17.3. The fourth-order valence-electron chi connectivity index (χ4n) is 3.89. The molecule has 0 saturated heterocycles. The van der Waals surface area contributed by atoms with Gasteiger partial charge in [-0.3, -0.25) is 4.79 Å². The van der Waals surface area contributed by atoms with Gasteiger partial charge in [-0.15, -0.1) is 0 Å². The van der Waals surface area contributed by atoms with Crippen molar-refractivity contribution in [2.24, 2.45) is 0 Å². The fourth-order valence-corrected chi connectivity index (χ4v) is 3.89. The molecular weight excluding hydrogens is 464 g/mol. The van der Waals surface area contributed by atoms with Gasteiger partial charge in [-0.25, -0.2) is 0 Å². The van der Waals surface area contributed by atoms with E-state index < -0.39 is 5.91 Å². The molecule has 0 aliphatic rings. The molecule has 0 aliphatic carbocycles. The predicted octanol–water partition coefficient (Wildman–Crippen LogP) is 6.76. The van der Waals surface area contributed by atoms with Crippen molar-refractivity contribution in [2.45, 2.75) is 20.5 Å². The number of nitrogens with zero attached hydrogens (tertiary/aromatic N) is 1. The van der Waals surface area contributed by atoms with E-state index in [4.69, 9.17) is 14.2 Å². The molecule has 1 N–H and O–H groups in total. The Bertz CT molecular complexity index is 1450.